The number of hydrogen-bond donors (Lipinski definition) is 1. The maximum Gasteiger partial charge on any atom is 0.161 e. The van der Waals surface area contributed by atoms with Gasteiger partial charge in [0.05, 0.1) is 9.26 Å². The Morgan fingerprint density at radius 1 is 1.18 bits per heavy atom. The highest BCUT2D eigenvalue weighted by Gasteiger charge is 2.29. The van der Waals surface area contributed by atoms with Crippen LogP contribution in [0.15, 0.2) is 24.5 Å². The van der Waals surface area contributed by atoms with Gasteiger partial charge >= 0.3 is 0 Å². The molecular formula is C12H11IN4. The molecule has 0 atom stereocenters. The predicted molar refractivity (Wildman–Crippen MR) is 74.4 cm³/mol. The van der Waals surface area contributed by atoms with Gasteiger partial charge in [0.2, 0.25) is 0 Å². The van der Waals surface area contributed by atoms with Gasteiger partial charge in [0.15, 0.2) is 5.82 Å². The van der Waals surface area contributed by atoms with E-state index in [2.05, 4.69) is 37.5 Å². The van der Waals surface area contributed by atoms with Gasteiger partial charge in [-0.15, -0.1) is 0 Å². The molecular weight excluding hydrogens is 327 g/mol. The van der Waals surface area contributed by atoms with E-state index in [9.17, 15) is 0 Å². The summed E-state index contributed by atoms with van der Waals surface area (Å²) < 4.78 is 1.00. The van der Waals surface area contributed by atoms with E-state index in [1.807, 2.05) is 12.1 Å². The minimum Gasteiger partial charge on any atom is -0.383 e. The molecule has 1 aliphatic rings. The predicted octanol–water partition coefficient (Wildman–Crippen LogP) is 2.60. The molecule has 0 aromatic carbocycles. The lowest BCUT2D eigenvalue weighted by Gasteiger charge is -2.08. The molecule has 5 heteroatoms. The summed E-state index contributed by atoms with van der Waals surface area (Å²) in [6.07, 6.45) is 5.90. The van der Waals surface area contributed by atoms with Crippen molar-refractivity contribution in [3.05, 3.63) is 33.8 Å². The molecule has 0 saturated heterocycles. The van der Waals surface area contributed by atoms with Crippen molar-refractivity contribution >= 4 is 28.4 Å². The van der Waals surface area contributed by atoms with Gasteiger partial charge in [-0.2, -0.15) is 0 Å². The van der Waals surface area contributed by atoms with E-state index in [4.69, 9.17) is 5.73 Å². The Hall–Kier alpha value is -1.24. The van der Waals surface area contributed by atoms with Crippen LogP contribution in [0.4, 0.5) is 5.82 Å². The lowest BCUT2D eigenvalue weighted by atomic mass is 10.2. The molecule has 2 aromatic heterocycles. The van der Waals surface area contributed by atoms with Gasteiger partial charge in [-0.25, -0.2) is 9.97 Å². The van der Waals surface area contributed by atoms with Crippen LogP contribution in [0.3, 0.4) is 0 Å². The number of pyridine rings is 1. The molecule has 3 rings (SSSR count). The minimum atomic E-state index is 0.577. The zero-order chi connectivity index (χ0) is 11.8. The second-order valence-electron chi connectivity index (χ2n) is 4.14. The van der Waals surface area contributed by atoms with Gasteiger partial charge in [-0.05, 0) is 47.6 Å². The first-order valence-corrected chi connectivity index (χ1v) is 6.57. The minimum absolute atomic E-state index is 0.577. The van der Waals surface area contributed by atoms with E-state index in [1.54, 1.807) is 12.4 Å². The number of aromatic nitrogens is 3. The number of anilines is 1. The second-order valence-corrected chi connectivity index (χ2v) is 5.22. The van der Waals surface area contributed by atoms with Crippen molar-refractivity contribution in [1.82, 2.24) is 15.0 Å². The molecule has 17 heavy (non-hydrogen) atoms. The molecule has 86 valence electrons. The van der Waals surface area contributed by atoms with Crippen LogP contribution in [0, 0.1) is 3.57 Å². The topological polar surface area (TPSA) is 64.7 Å². The number of halogens is 1. The van der Waals surface area contributed by atoms with Crippen molar-refractivity contribution in [3.63, 3.8) is 0 Å². The number of hydrogen-bond acceptors (Lipinski definition) is 4. The van der Waals surface area contributed by atoms with E-state index in [0.717, 1.165) is 14.8 Å². The van der Waals surface area contributed by atoms with E-state index in [1.165, 1.54) is 12.8 Å². The summed E-state index contributed by atoms with van der Waals surface area (Å²) in [7, 11) is 0. The van der Waals surface area contributed by atoms with Crippen LogP contribution in [-0.2, 0) is 0 Å². The summed E-state index contributed by atoms with van der Waals surface area (Å²) in [6, 6.07) is 3.80. The average molecular weight is 338 g/mol. The first-order valence-electron chi connectivity index (χ1n) is 5.49. The quantitative estimate of drug-likeness (QED) is 0.855. The largest absolute Gasteiger partial charge is 0.383 e. The molecule has 1 aliphatic carbocycles. The van der Waals surface area contributed by atoms with Crippen LogP contribution in [0.2, 0.25) is 0 Å². The molecule has 1 saturated carbocycles. The first-order chi connectivity index (χ1) is 8.25. The van der Waals surface area contributed by atoms with E-state index in [0.29, 0.717) is 17.6 Å². The van der Waals surface area contributed by atoms with Gasteiger partial charge < -0.3 is 5.73 Å². The molecule has 0 radical (unpaired) electrons. The maximum absolute atomic E-state index is 5.95. The fraction of sp³-hybridized carbons (Fsp3) is 0.250. The highest BCUT2D eigenvalue weighted by atomic mass is 127. The number of rotatable bonds is 2. The van der Waals surface area contributed by atoms with E-state index in [-0.39, 0.29) is 0 Å². The number of nitrogens with two attached hydrogens (primary N) is 1. The van der Waals surface area contributed by atoms with Gasteiger partial charge in [0.1, 0.15) is 5.82 Å². The molecule has 4 nitrogen and oxygen atoms in total. The number of nitrogen functional groups attached to an aromatic ring is 1. The summed E-state index contributed by atoms with van der Waals surface area (Å²) >= 11 is 2.23. The summed E-state index contributed by atoms with van der Waals surface area (Å²) in [5.41, 5.74) is 8.01. The van der Waals surface area contributed by atoms with Gasteiger partial charge in [-0.3, -0.25) is 4.98 Å². The van der Waals surface area contributed by atoms with Crippen molar-refractivity contribution in [2.45, 2.75) is 18.8 Å². The zero-order valence-corrected chi connectivity index (χ0v) is 11.3. The molecule has 0 bridgehead atoms. The lowest BCUT2D eigenvalue weighted by molar-refractivity contribution is 0.982. The van der Waals surface area contributed by atoms with Crippen molar-refractivity contribution in [2.75, 3.05) is 5.73 Å². The fourth-order valence-corrected chi connectivity index (χ4v) is 2.42. The molecule has 0 amide bonds. The third kappa shape index (κ3) is 2.11. The summed E-state index contributed by atoms with van der Waals surface area (Å²) in [5, 5.41) is 0. The molecule has 0 spiro atoms. The Balaban J connectivity index is 2.12. The van der Waals surface area contributed by atoms with Gasteiger partial charge in [0.25, 0.3) is 0 Å². The Bertz CT molecular complexity index is 552. The smallest absolute Gasteiger partial charge is 0.161 e. The standard InChI is InChI=1S/C12H11IN4/c13-9-10(7-1-2-7)16-12(17-11(9)14)8-3-5-15-6-4-8/h3-7H,1-2H2,(H2,14,16,17). The van der Waals surface area contributed by atoms with Crippen LogP contribution in [0.1, 0.15) is 24.5 Å². The average Bonchev–Trinajstić information content (AvgIpc) is 3.18. The Morgan fingerprint density at radius 2 is 1.88 bits per heavy atom. The fourth-order valence-electron chi connectivity index (χ4n) is 1.74. The van der Waals surface area contributed by atoms with Crippen molar-refractivity contribution in [3.8, 4) is 11.4 Å². The molecule has 2 heterocycles. The van der Waals surface area contributed by atoms with Crippen LogP contribution >= 0.6 is 22.6 Å². The Kier molecular flexibility index (Phi) is 2.70. The summed E-state index contributed by atoms with van der Waals surface area (Å²) in [5.74, 6) is 1.86. The van der Waals surface area contributed by atoms with Crippen LogP contribution in [0.5, 0.6) is 0 Å². The zero-order valence-electron chi connectivity index (χ0n) is 9.10. The molecule has 1 fully saturated rings. The van der Waals surface area contributed by atoms with Crippen molar-refractivity contribution in [2.24, 2.45) is 0 Å². The van der Waals surface area contributed by atoms with Crippen LogP contribution in [-0.4, -0.2) is 15.0 Å². The summed E-state index contributed by atoms with van der Waals surface area (Å²) in [6.45, 7) is 0. The monoisotopic (exact) mass is 338 g/mol. The van der Waals surface area contributed by atoms with Crippen molar-refractivity contribution < 1.29 is 0 Å². The Labute approximate surface area is 113 Å². The van der Waals surface area contributed by atoms with Crippen LogP contribution < -0.4 is 5.73 Å². The number of nitrogens with zero attached hydrogens (tertiary/aromatic N) is 3. The molecule has 2 aromatic rings. The first kappa shape index (κ1) is 10.9. The van der Waals surface area contributed by atoms with Gasteiger partial charge in [-0.1, -0.05) is 0 Å². The van der Waals surface area contributed by atoms with E-state index >= 15 is 0 Å². The Morgan fingerprint density at radius 3 is 2.53 bits per heavy atom. The molecule has 2 N–H and O–H groups in total. The highest BCUT2D eigenvalue weighted by molar-refractivity contribution is 14.1. The summed E-state index contributed by atoms with van der Waals surface area (Å²) in [4.78, 5) is 13.0. The van der Waals surface area contributed by atoms with Crippen LogP contribution in [0.25, 0.3) is 11.4 Å². The highest BCUT2D eigenvalue weighted by Crippen LogP contribution is 2.42. The van der Waals surface area contributed by atoms with Gasteiger partial charge in [0, 0.05) is 23.9 Å². The SMILES string of the molecule is Nc1nc(-c2ccncc2)nc(C2CC2)c1I. The normalized spacial score (nSPS) is 14.9. The maximum atomic E-state index is 5.95. The molecule has 0 aliphatic heterocycles. The molecule has 0 unspecified atom stereocenters. The van der Waals surface area contributed by atoms with Crippen molar-refractivity contribution in [1.29, 1.82) is 0 Å². The second kappa shape index (κ2) is 4.21. The third-order valence-corrected chi connectivity index (χ3v) is 3.91. The van der Waals surface area contributed by atoms with E-state index < -0.39 is 0 Å². The lowest BCUT2D eigenvalue weighted by Crippen LogP contribution is -2.04. The third-order valence-electron chi connectivity index (χ3n) is 2.81.